The van der Waals surface area contributed by atoms with Crippen LogP contribution in [0.2, 0.25) is 0 Å². The number of pyridine rings is 1. The Hall–Kier alpha value is -2.23. The highest BCUT2D eigenvalue weighted by Crippen LogP contribution is 2.20. The molecule has 0 radical (unpaired) electrons. The highest BCUT2D eigenvalue weighted by molar-refractivity contribution is 5.59. The molecule has 17 heavy (non-hydrogen) atoms. The minimum Gasteiger partial charge on any atom is -0.497 e. The molecule has 4 heteroatoms. The summed E-state index contributed by atoms with van der Waals surface area (Å²) < 4.78 is 5.09. The van der Waals surface area contributed by atoms with Gasteiger partial charge in [-0.25, -0.2) is 4.98 Å². The number of nitrogens with one attached hydrogen (secondary N) is 1. The van der Waals surface area contributed by atoms with E-state index in [0.717, 1.165) is 22.9 Å². The number of anilines is 3. The van der Waals surface area contributed by atoms with Crippen LogP contribution in [0.5, 0.6) is 5.75 Å². The second kappa shape index (κ2) is 4.74. The van der Waals surface area contributed by atoms with E-state index in [4.69, 9.17) is 10.5 Å². The Morgan fingerprint density at radius 3 is 2.41 bits per heavy atom. The highest BCUT2D eigenvalue weighted by atomic mass is 16.5. The van der Waals surface area contributed by atoms with E-state index in [0.29, 0.717) is 5.69 Å². The number of hydrogen-bond acceptors (Lipinski definition) is 4. The second-order valence-corrected chi connectivity index (χ2v) is 3.72. The second-order valence-electron chi connectivity index (χ2n) is 3.72. The maximum absolute atomic E-state index is 5.71. The van der Waals surface area contributed by atoms with Crippen LogP contribution < -0.4 is 15.8 Å². The molecule has 4 nitrogen and oxygen atoms in total. The van der Waals surface area contributed by atoms with Crippen LogP contribution in [-0.2, 0) is 0 Å². The SMILES string of the molecule is COc1ccc(Nc2ccc(N)c(C)n2)cc1. The van der Waals surface area contributed by atoms with Crippen molar-refractivity contribution in [3.63, 3.8) is 0 Å². The number of nitrogens with zero attached hydrogens (tertiary/aromatic N) is 1. The Kier molecular flexibility index (Phi) is 3.14. The summed E-state index contributed by atoms with van der Waals surface area (Å²) in [6.07, 6.45) is 0. The number of methoxy groups -OCH3 is 1. The Morgan fingerprint density at radius 2 is 1.82 bits per heavy atom. The van der Waals surface area contributed by atoms with Crippen LogP contribution in [0.25, 0.3) is 0 Å². The molecule has 0 atom stereocenters. The Bertz CT molecular complexity index is 509. The molecule has 0 aliphatic carbocycles. The van der Waals surface area contributed by atoms with Gasteiger partial charge >= 0.3 is 0 Å². The number of aryl methyl sites for hydroxylation is 1. The molecule has 1 aromatic carbocycles. The summed E-state index contributed by atoms with van der Waals surface area (Å²) in [5.74, 6) is 1.61. The van der Waals surface area contributed by atoms with E-state index < -0.39 is 0 Å². The predicted octanol–water partition coefficient (Wildman–Crippen LogP) is 2.72. The average Bonchev–Trinajstić information content (AvgIpc) is 2.35. The van der Waals surface area contributed by atoms with Gasteiger partial charge in [-0.05, 0) is 43.3 Å². The highest BCUT2D eigenvalue weighted by Gasteiger charge is 1.99. The zero-order valence-corrected chi connectivity index (χ0v) is 9.90. The van der Waals surface area contributed by atoms with Gasteiger partial charge < -0.3 is 15.8 Å². The summed E-state index contributed by atoms with van der Waals surface area (Å²) in [6.45, 7) is 1.88. The molecule has 0 saturated carbocycles. The third kappa shape index (κ3) is 2.66. The number of aromatic nitrogens is 1. The summed E-state index contributed by atoms with van der Waals surface area (Å²) in [7, 11) is 1.65. The molecular formula is C13H15N3O. The van der Waals surface area contributed by atoms with Crippen molar-refractivity contribution < 1.29 is 4.74 Å². The van der Waals surface area contributed by atoms with Gasteiger partial charge in [0.15, 0.2) is 0 Å². The maximum atomic E-state index is 5.71. The Labute approximate surface area is 100 Å². The van der Waals surface area contributed by atoms with Crippen LogP contribution in [0.1, 0.15) is 5.69 Å². The average molecular weight is 229 g/mol. The third-order valence-electron chi connectivity index (χ3n) is 2.49. The summed E-state index contributed by atoms with van der Waals surface area (Å²) >= 11 is 0. The molecule has 0 aliphatic rings. The molecule has 0 saturated heterocycles. The van der Waals surface area contributed by atoms with E-state index in [2.05, 4.69) is 10.3 Å². The molecule has 0 spiro atoms. The number of ether oxygens (including phenoxy) is 1. The first-order chi connectivity index (χ1) is 8.19. The van der Waals surface area contributed by atoms with Crippen molar-refractivity contribution in [1.82, 2.24) is 4.98 Å². The number of hydrogen-bond donors (Lipinski definition) is 2. The molecule has 0 aliphatic heterocycles. The molecule has 0 bridgehead atoms. The van der Waals surface area contributed by atoms with Crippen LogP contribution in [-0.4, -0.2) is 12.1 Å². The molecule has 88 valence electrons. The van der Waals surface area contributed by atoms with Gasteiger partial charge in [-0.1, -0.05) is 0 Å². The van der Waals surface area contributed by atoms with Gasteiger partial charge in [0, 0.05) is 5.69 Å². The van der Waals surface area contributed by atoms with Gasteiger partial charge in [0.2, 0.25) is 0 Å². The zero-order valence-electron chi connectivity index (χ0n) is 9.90. The largest absolute Gasteiger partial charge is 0.497 e. The fourth-order valence-electron chi connectivity index (χ4n) is 1.46. The van der Waals surface area contributed by atoms with Crippen LogP contribution in [0.4, 0.5) is 17.2 Å². The number of nitrogen functional groups attached to an aromatic ring is 1. The van der Waals surface area contributed by atoms with Crippen molar-refractivity contribution in [1.29, 1.82) is 0 Å². The van der Waals surface area contributed by atoms with Gasteiger partial charge in [-0.3, -0.25) is 0 Å². The Morgan fingerprint density at radius 1 is 1.12 bits per heavy atom. The standard InChI is InChI=1S/C13H15N3O/c1-9-12(14)7-8-13(15-9)16-10-3-5-11(17-2)6-4-10/h3-8H,14H2,1-2H3,(H,15,16). The molecule has 2 rings (SSSR count). The van der Waals surface area contributed by atoms with Crippen molar-refractivity contribution in [2.75, 3.05) is 18.2 Å². The fourth-order valence-corrected chi connectivity index (χ4v) is 1.46. The lowest BCUT2D eigenvalue weighted by Crippen LogP contribution is -1.98. The van der Waals surface area contributed by atoms with Gasteiger partial charge in [0.05, 0.1) is 18.5 Å². The first kappa shape index (κ1) is 11.3. The smallest absolute Gasteiger partial charge is 0.130 e. The molecule has 3 N–H and O–H groups in total. The first-order valence-electron chi connectivity index (χ1n) is 5.33. The normalized spacial score (nSPS) is 10.0. The molecule has 0 unspecified atom stereocenters. The van der Waals surface area contributed by atoms with Crippen molar-refractivity contribution in [3.05, 3.63) is 42.1 Å². The van der Waals surface area contributed by atoms with Gasteiger partial charge in [0.25, 0.3) is 0 Å². The van der Waals surface area contributed by atoms with Crippen LogP contribution >= 0.6 is 0 Å². The van der Waals surface area contributed by atoms with E-state index in [-0.39, 0.29) is 0 Å². The molecule has 1 heterocycles. The van der Waals surface area contributed by atoms with Gasteiger partial charge in [-0.15, -0.1) is 0 Å². The van der Waals surface area contributed by atoms with E-state index in [1.54, 1.807) is 7.11 Å². The maximum Gasteiger partial charge on any atom is 0.130 e. The minimum atomic E-state index is 0.699. The molecule has 1 aromatic heterocycles. The van der Waals surface area contributed by atoms with Gasteiger partial charge in [0.1, 0.15) is 11.6 Å². The van der Waals surface area contributed by atoms with E-state index in [9.17, 15) is 0 Å². The van der Waals surface area contributed by atoms with Crippen LogP contribution in [0, 0.1) is 6.92 Å². The van der Waals surface area contributed by atoms with Crippen LogP contribution in [0.15, 0.2) is 36.4 Å². The van der Waals surface area contributed by atoms with E-state index >= 15 is 0 Å². The van der Waals surface area contributed by atoms with Crippen molar-refractivity contribution >= 4 is 17.2 Å². The minimum absolute atomic E-state index is 0.699. The van der Waals surface area contributed by atoms with Crippen molar-refractivity contribution in [2.24, 2.45) is 0 Å². The monoisotopic (exact) mass is 229 g/mol. The number of rotatable bonds is 3. The van der Waals surface area contributed by atoms with Gasteiger partial charge in [-0.2, -0.15) is 0 Å². The molecular weight excluding hydrogens is 214 g/mol. The topological polar surface area (TPSA) is 60.2 Å². The summed E-state index contributed by atoms with van der Waals surface area (Å²) in [4.78, 5) is 4.34. The third-order valence-corrected chi connectivity index (χ3v) is 2.49. The lowest BCUT2D eigenvalue weighted by Gasteiger charge is -2.08. The van der Waals surface area contributed by atoms with Crippen LogP contribution in [0.3, 0.4) is 0 Å². The van der Waals surface area contributed by atoms with E-state index in [1.165, 1.54) is 0 Å². The first-order valence-corrected chi connectivity index (χ1v) is 5.33. The van der Waals surface area contributed by atoms with Crippen molar-refractivity contribution in [2.45, 2.75) is 6.92 Å². The molecule has 0 fully saturated rings. The Balaban J connectivity index is 2.16. The fraction of sp³-hybridized carbons (Fsp3) is 0.154. The van der Waals surface area contributed by atoms with E-state index in [1.807, 2.05) is 43.3 Å². The molecule has 2 aromatic rings. The summed E-state index contributed by atoms with van der Waals surface area (Å²) in [5.41, 5.74) is 8.20. The quantitative estimate of drug-likeness (QED) is 0.849. The summed E-state index contributed by atoms with van der Waals surface area (Å²) in [6, 6.07) is 11.4. The predicted molar refractivity (Wildman–Crippen MR) is 69.7 cm³/mol. The number of benzene rings is 1. The zero-order chi connectivity index (χ0) is 12.3. The van der Waals surface area contributed by atoms with Crippen molar-refractivity contribution in [3.8, 4) is 5.75 Å². The lowest BCUT2D eigenvalue weighted by molar-refractivity contribution is 0.415. The number of nitrogens with two attached hydrogens (primary N) is 1. The molecule has 0 amide bonds. The summed E-state index contributed by atoms with van der Waals surface area (Å²) in [5, 5.41) is 3.20. The lowest BCUT2D eigenvalue weighted by atomic mass is 10.3.